The van der Waals surface area contributed by atoms with Crippen molar-refractivity contribution in [3.8, 4) is 0 Å². The van der Waals surface area contributed by atoms with Crippen LogP contribution in [0.4, 0.5) is 0 Å². The van der Waals surface area contributed by atoms with Crippen molar-refractivity contribution in [1.29, 1.82) is 0 Å². The maximum atomic E-state index is 6.15. The quantitative estimate of drug-likeness (QED) is 0.810. The van der Waals surface area contributed by atoms with E-state index in [1.807, 2.05) is 0 Å². The standard InChI is InChI=1S/C17H34N2O/c1-5-10-18-16-8-11-19(12-14(16)6-2)13-15-7-9-17(3,4)20-15/h14-16,18H,5-13H2,1-4H3. The molecule has 3 unspecified atom stereocenters. The Bertz CT molecular complexity index is 293. The summed E-state index contributed by atoms with van der Waals surface area (Å²) in [5, 5.41) is 3.74. The normalized spacial score (nSPS) is 34.5. The third-order valence-corrected chi connectivity index (χ3v) is 5.01. The lowest BCUT2D eigenvalue weighted by atomic mass is 9.89. The number of hydrogen-bond acceptors (Lipinski definition) is 3. The summed E-state index contributed by atoms with van der Waals surface area (Å²) in [7, 11) is 0. The fourth-order valence-electron chi connectivity index (χ4n) is 3.78. The highest BCUT2D eigenvalue weighted by Gasteiger charge is 2.34. The van der Waals surface area contributed by atoms with E-state index in [-0.39, 0.29) is 5.60 Å². The summed E-state index contributed by atoms with van der Waals surface area (Å²) in [6.45, 7) is 13.8. The van der Waals surface area contributed by atoms with Gasteiger partial charge in [0.15, 0.2) is 0 Å². The Hall–Kier alpha value is -0.120. The van der Waals surface area contributed by atoms with Crippen molar-refractivity contribution in [3.05, 3.63) is 0 Å². The van der Waals surface area contributed by atoms with Crippen molar-refractivity contribution in [2.45, 2.75) is 77.5 Å². The molecular weight excluding hydrogens is 248 g/mol. The Morgan fingerprint density at radius 1 is 1.25 bits per heavy atom. The van der Waals surface area contributed by atoms with Crippen LogP contribution in [0.25, 0.3) is 0 Å². The van der Waals surface area contributed by atoms with E-state index in [1.165, 1.54) is 51.7 Å². The van der Waals surface area contributed by atoms with E-state index in [0.717, 1.165) is 18.5 Å². The van der Waals surface area contributed by atoms with Crippen LogP contribution in [0.5, 0.6) is 0 Å². The number of piperidine rings is 1. The molecule has 0 aromatic rings. The fraction of sp³-hybridized carbons (Fsp3) is 1.00. The second kappa shape index (κ2) is 7.24. The molecule has 3 heteroatoms. The average Bonchev–Trinajstić information content (AvgIpc) is 2.76. The molecule has 2 heterocycles. The lowest BCUT2D eigenvalue weighted by Crippen LogP contribution is -2.50. The van der Waals surface area contributed by atoms with E-state index in [2.05, 4.69) is 37.9 Å². The first-order valence-corrected chi connectivity index (χ1v) is 8.67. The zero-order valence-electron chi connectivity index (χ0n) is 14.0. The smallest absolute Gasteiger partial charge is 0.0710 e. The number of likely N-dealkylation sites (tertiary alicyclic amines) is 1. The molecule has 20 heavy (non-hydrogen) atoms. The summed E-state index contributed by atoms with van der Waals surface area (Å²) in [4.78, 5) is 2.64. The zero-order valence-corrected chi connectivity index (χ0v) is 14.0. The van der Waals surface area contributed by atoms with Gasteiger partial charge in [0.05, 0.1) is 11.7 Å². The first-order valence-electron chi connectivity index (χ1n) is 8.67. The molecule has 3 atom stereocenters. The van der Waals surface area contributed by atoms with Gasteiger partial charge in [0, 0.05) is 19.1 Å². The minimum Gasteiger partial charge on any atom is -0.371 e. The van der Waals surface area contributed by atoms with Crippen molar-refractivity contribution in [3.63, 3.8) is 0 Å². The molecule has 2 aliphatic rings. The van der Waals surface area contributed by atoms with Gasteiger partial charge < -0.3 is 15.0 Å². The SMILES string of the molecule is CCCNC1CCN(CC2CCC(C)(C)O2)CC1CC. The van der Waals surface area contributed by atoms with Crippen molar-refractivity contribution in [2.75, 3.05) is 26.2 Å². The van der Waals surface area contributed by atoms with Crippen LogP contribution < -0.4 is 5.32 Å². The Labute approximate surface area is 125 Å². The molecule has 3 nitrogen and oxygen atoms in total. The highest BCUT2D eigenvalue weighted by atomic mass is 16.5. The van der Waals surface area contributed by atoms with Crippen LogP contribution in [-0.4, -0.2) is 48.8 Å². The number of nitrogens with zero attached hydrogens (tertiary/aromatic N) is 1. The molecule has 0 bridgehead atoms. The van der Waals surface area contributed by atoms with Crippen LogP contribution in [0.2, 0.25) is 0 Å². The molecule has 1 N–H and O–H groups in total. The number of hydrogen-bond donors (Lipinski definition) is 1. The largest absolute Gasteiger partial charge is 0.371 e. The van der Waals surface area contributed by atoms with Gasteiger partial charge in [-0.25, -0.2) is 0 Å². The first-order chi connectivity index (χ1) is 9.54. The highest BCUT2D eigenvalue weighted by Crippen LogP contribution is 2.30. The maximum Gasteiger partial charge on any atom is 0.0710 e. The summed E-state index contributed by atoms with van der Waals surface area (Å²) in [5.41, 5.74) is 0.107. The molecule has 0 spiro atoms. The van der Waals surface area contributed by atoms with Crippen molar-refractivity contribution >= 4 is 0 Å². The van der Waals surface area contributed by atoms with Gasteiger partial charge in [0.2, 0.25) is 0 Å². The summed E-state index contributed by atoms with van der Waals surface area (Å²) >= 11 is 0. The molecule has 2 aliphatic heterocycles. The van der Waals surface area contributed by atoms with Crippen LogP contribution in [0.1, 0.15) is 59.8 Å². The Balaban J connectivity index is 1.78. The first kappa shape index (κ1) is 16.3. The van der Waals surface area contributed by atoms with Gasteiger partial charge in [0.25, 0.3) is 0 Å². The number of ether oxygens (including phenoxy) is 1. The third kappa shape index (κ3) is 4.44. The topological polar surface area (TPSA) is 24.5 Å². The molecule has 2 fully saturated rings. The molecule has 2 rings (SSSR count). The van der Waals surface area contributed by atoms with Crippen molar-refractivity contribution in [2.24, 2.45) is 5.92 Å². The second-order valence-corrected chi connectivity index (χ2v) is 7.32. The summed E-state index contributed by atoms with van der Waals surface area (Å²) in [5.74, 6) is 0.810. The van der Waals surface area contributed by atoms with E-state index in [1.54, 1.807) is 0 Å². The van der Waals surface area contributed by atoms with Gasteiger partial charge >= 0.3 is 0 Å². The number of nitrogens with one attached hydrogen (secondary N) is 1. The molecule has 0 aromatic carbocycles. The van der Waals surface area contributed by atoms with Crippen LogP contribution in [0.3, 0.4) is 0 Å². The second-order valence-electron chi connectivity index (χ2n) is 7.32. The Kier molecular flexibility index (Phi) is 5.88. The molecule has 0 saturated carbocycles. The van der Waals surface area contributed by atoms with Gasteiger partial charge in [-0.2, -0.15) is 0 Å². The lowest BCUT2D eigenvalue weighted by Gasteiger charge is -2.39. The van der Waals surface area contributed by atoms with Crippen molar-refractivity contribution in [1.82, 2.24) is 10.2 Å². The predicted octanol–water partition coefficient (Wildman–Crippen LogP) is 3.04. The molecule has 0 amide bonds. The van der Waals surface area contributed by atoms with Gasteiger partial charge in [-0.1, -0.05) is 20.3 Å². The van der Waals surface area contributed by atoms with E-state index in [9.17, 15) is 0 Å². The molecule has 0 radical (unpaired) electrons. The van der Waals surface area contributed by atoms with Crippen molar-refractivity contribution < 1.29 is 4.74 Å². The zero-order chi connectivity index (χ0) is 14.6. The summed E-state index contributed by atoms with van der Waals surface area (Å²) in [6.07, 6.45) is 6.73. The average molecular weight is 282 g/mol. The van der Waals surface area contributed by atoms with E-state index >= 15 is 0 Å². The molecule has 0 aliphatic carbocycles. The summed E-state index contributed by atoms with van der Waals surface area (Å²) in [6, 6.07) is 0.733. The van der Waals surface area contributed by atoms with Gasteiger partial charge in [0.1, 0.15) is 0 Å². The molecule has 118 valence electrons. The van der Waals surface area contributed by atoms with Gasteiger partial charge in [-0.05, 0) is 58.5 Å². The molecular formula is C17H34N2O. The van der Waals surface area contributed by atoms with Gasteiger partial charge in [-0.3, -0.25) is 0 Å². The van der Waals surface area contributed by atoms with Crippen LogP contribution >= 0.6 is 0 Å². The van der Waals surface area contributed by atoms with Crippen LogP contribution in [0, 0.1) is 5.92 Å². The van der Waals surface area contributed by atoms with Crippen LogP contribution in [-0.2, 0) is 4.74 Å². The van der Waals surface area contributed by atoms with E-state index in [0.29, 0.717) is 6.10 Å². The highest BCUT2D eigenvalue weighted by molar-refractivity contribution is 4.88. The van der Waals surface area contributed by atoms with E-state index in [4.69, 9.17) is 4.74 Å². The Morgan fingerprint density at radius 3 is 2.65 bits per heavy atom. The monoisotopic (exact) mass is 282 g/mol. The minimum absolute atomic E-state index is 0.107. The lowest BCUT2D eigenvalue weighted by molar-refractivity contribution is -0.0346. The fourth-order valence-corrected chi connectivity index (χ4v) is 3.78. The third-order valence-electron chi connectivity index (χ3n) is 5.01. The molecule has 2 saturated heterocycles. The minimum atomic E-state index is 0.107. The van der Waals surface area contributed by atoms with Crippen LogP contribution in [0.15, 0.2) is 0 Å². The Morgan fingerprint density at radius 2 is 2.05 bits per heavy atom. The molecule has 0 aromatic heterocycles. The summed E-state index contributed by atoms with van der Waals surface area (Å²) < 4.78 is 6.15. The maximum absolute atomic E-state index is 6.15. The predicted molar refractivity (Wildman–Crippen MR) is 85.1 cm³/mol. The van der Waals surface area contributed by atoms with Gasteiger partial charge in [-0.15, -0.1) is 0 Å². The van der Waals surface area contributed by atoms with E-state index < -0.39 is 0 Å². The number of rotatable bonds is 6.